The van der Waals surface area contributed by atoms with E-state index >= 15 is 0 Å². The molecule has 0 unspecified atom stereocenters. The third-order valence-corrected chi connectivity index (χ3v) is 6.69. The lowest BCUT2D eigenvalue weighted by Crippen LogP contribution is -2.58. The van der Waals surface area contributed by atoms with Crippen LogP contribution in [0.15, 0.2) is 24.4 Å². The highest BCUT2D eigenvalue weighted by atomic mass is 32.2. The van der Waals surface area contributed by atoms with Crippen molar-refractivity contribution in [1.82, 2.24) is 19.7 Å². The van der Waals surface area contributed by atoms with Crippen LogP contribution in [0, 0.1) is 5.92 Å². The maximum atomic E-state index is 13.5. The number of likely N-dealkylation sites (tertiary alicyclic amines) is 1. The van der Waals surface area contributed by atoms with Gasteiger partial charge in [-0.3, -0.25) is 19.6 Å². The zero-order chi connectivity index (χ0) is 20.3. The molecule has 154 valence electrons. The van der Waals surface area contributed by atoms with Crippen molar-refractivity contribution in [2.75, 3.05) is 31.6 Å². The van der Waals surface area contributed by atoms with Gasteiger partial charge in [0.2, 0.25) is 0 Å². The molecule has 1 spiro atoms. The van der Waals surface area contributed by atoms with Crippen molar-refractivity contribution in [3.63, 3.8) is 0 Å². The standard InChI is InChI=1S/C21H32N4O2S/c1-16(2)13-25-20(27)24(14-18-7-5-6-10-22-18)19(26)21(25)8-11-23(12-9-21)17(3)15-28-4/h5-7,10,16-17H,8-9,11-15H2,1-4H3/t17-/m0/s1. The molecule has 1 aromatic rings. The summed E-state index contributed by atoms with van der Waals surface area (Å²) in [5, 5.41) is 0. The van der Waals surface area contributed by atoms with Gasteiger partial charge in [0, 0.05) is 37.6 Å². The quantitative estimate of drug-likeness (QED) is 0.654. The number of urea groups is 1. The molecule has 1 atom stereocenters. The molecule has 2 aliphatic rings. The maximum Gasteiger partial charge on any atom is 0.328 e. The van der Waals surface area contributed by atoms with Crippen molar-refractivity contribution in [2.45, 2.75) is 51.7 Å². The number of piperidine rings is 1. The second-order valence-corrected chi connectivity index (χ2v) is 9.28. The molecule has 3 heterocycles. The van der Waals surface area contributed by atoms with E-state index in [2.05, 4.69) is 36.9 Å². The molecule has 28 heavy (non-hydrogen) atoms. The van der Waals surface area contributed by atoms with E-state index in [1.54, 1.807) is 6.20 Å². The van der Waals surface area contributed by atoms with Crippen molar-refractivity contribution in [1.29, 1.82) is 0 Å². The van der Waals surface area contributed by atoms with Crippen molar-refractivity contribution in [3.8, 4) is 0 Å². The van der Waals surface area contributed by atoms with Crippen molar-refractivity contribution >= 4 is 23.7 Å². The largest absolute Gasteiger partial charge is 0.328 e. The fourth-order valence-corrected chi connectivity index (χ4v) is 5.05. The van der Waals surface area contributed by atoms with Crippen LogP contribution in [0.2, 0.25) is 0 Å². The van der Waals surface area contributed by atoms with Gasteiger partial charge < -0.3 is 4.90 Å². The molecule has 2 aliphatic heterocycles. The molecule has 0 N–H and O–H groups in total. The SMILES string of the molecule is CSC[C@H](C)N1CCC2(CC1)C(=O)N(Cc1ccccn1)C(=O)N2CC(C)C. The Labute approximate surface area is 172 Å². The Morgan fingerprint density at radius 2 is 1.89 bits per heavy atom. The first-order valence-electron chi connectivity index (χ1n) is 10.2. The van der Waals surface area contributed by atoms with Gasteiger partial charge in [0.25, 0.3) is 5.91 Å². The van der Waals surface area contributed by atoms with Gasteiger partial charge in [0.05, 0.1) is 12.2 Å². The van der Waals surface area contributed by atoms with Gasteiger partial charge in [-0.05, 0) is 44.1 Å². The van der Waals surface area contributed by atoms with Crippen LogP contribution >= 0.6 is 11.8 Å². The molecule has 0 radical (unpaired) electrons. The van der Waals surface area contributed by atoms with E-state index < -0.39 is 5.54 Å². The van der Waals surface area contributed by atoms with E-state index in [1.807, 2.05) is 34.9 Å². The molecule has 0 aromatic carbocycles. The maximum absolute atomic E-state index is 13.5. The van der Waals surface area contributed by atoms with E-state index in [1.165, 1.54) is 4.90 Å². The third kappa shape index (κ3) is 4.06. The summed E-state index contributed by atoms with van der Waals surface area (Å²) in [6.07, 6.45) is 5.25. The normalized spacial score (nSPS) is 21.2. The Morgan fingerprint density at radius 1 is 1.18 bits per heavy atom. The molecule has 3 amide bonds. The molecular weight excluding hydrogens is 372 g/mol. The summed E-state index contributed by atoms with van der Waals surface area (Å²) >= 11 is 1.85. The second-order valence-electron chi connectivity index (χ2n) is 8.37. The monoisotopic (exact) mass is 404 g/mol. The highest BCUT2D eigenvalue weighted by Gasteiger charge is 2.58. The van der Waals surface area contributed by atoms with Crippen LogP contribution in [0.4, 0.5) is 4.79 Å². The highest BCUT2D eigenvalue weighted by molar-refractivity contribution is 7.98. The summed E-state index contributed by atoms with van der Waals surface area (Å²) in [4.78, 5) is 36.8. The van der Waals surface area contributed by atoms with Crippen LogP contribution in [0.25, 0.3) is 0 Å². The lowest BCUT2D eigenvalue weighted by molar-refractivity contribution is -0.136. The number of carbonyl (C=O) groups excluding carboxylic acids is 2. The summed E-state index contributed by atoms with van der Waals surface area (Å²) in [6.45, 7) is 9.02. The third-order valence-electron chi connectivity index (χ3n) is 5.87. The summed E-state index contributed by atoms with van der Waals surface area (Å²) in [7, 11) is 0. The van der Waals surface area contributed by atoms with Gasteiger partial charge in [0.15, 0.2) is 0 Å². The van der Waals surface area contributed by atoms with E-state index in [9.17, 15) is 9.59 Å². The number of rotatable bonds is 7. The van der Waals surface area contributed by atoms with Crippen LogP contribution in [0.1, 0.15) is 39.3 Å². The number of nitrogens with zero attached hydrogens (tertiary/aromatic N) is 4. The molecule has 0 aliphatic carbocycles. The van der Waals surface area contributed by atoms with Gasteiger partial charge in [-0.25, -0.2) is 4.79 Å². The molecule has 0 saturated carbocycles. The number of hydrogen-bond donors (Lipinski definition) is 0. The van der Waals surface area contributed by atoms with Gasteiger partial charge in [-0.2, -0.15) is 11.8 Å². The summed E-state index contributed by atoms with van der Waals surface area (Å²) < 4.78 is 0. The van der Waals surface area contributed by atoms with Gasteiger partial charge in [-0.15, -0.1) is 0 Å². The minimum atomic E-state index is -0.689. The number of pyridine rings is 1. The topological polar surface area (TPSA) is 56.8 Å². The fourth-order valence-electron chi connectivity index (χ4n) is 4.36. The molecular formula is C21H32N4O2S. The zero-order valence-electron chi connectivity index (χ0n) is 17.4. The van der Waals surface area contributed by atoms with Gasteiger partial charge in [-0.1, -0.05) is 19.9 Å². The average Bonchev–Trinajstić information content (AvgIpc) is 2.86. The number of aromatic nitrogens is 1. The molecule has 1 aromatic heterocycles. The van der Waals surface area contributed by atoms with E-state index in [-0.39, 0.29) is 18.5 Å². The minimum absolute atomic E-state index is 0.0408. The lowest BCUT2D eigenvalue weighted by atomic mass is 9.85. The van der Waals surface area contributed by atoms with E-state index in [0.717, 1.165) is 24.5 Å². The number of hydrogen-bond acceptors (Lipinski definition) is 5. The van der Waals surface area contributed by atoms with Gasteiger partial charge >= 0.3 is 6.03 Å². The average molecular weight is 405 g/mol. The molecule has 3 rings (SSSR count). The lowest BCUT2D eigenvalue weighted by Gasteiger charge is -2.44. The number of amides is 3. The fraction of sp³-hybridized carbons (Fsp3) is 0.667. The molecule has 0 bridgehead atoms. The first-order valence-corrected chi connectivity index (χ1v) is 11.5. The highest BCUT2D eigenvalue weighted by Crippen LogP contribution is 2.39. The number of imide groups is 1. The smallest absolute Gasteiger partial charge is 0.309 e. The summed E-state index contributed by atoms with van der Waals surface area (Å²) in [5.41, 5.74) is 0.0582. The minimum Gasteiger partial charge on any atom is -0.309 e. The Kier molecular flexibility index (Phi) is 6.65. The van der Waals surface area contributed by atoms with Crippen molar-refractivity contribution in [2.24, 2.45) is 5.92 Å². The molecule has 2 fully saturated rings. The molecule has 6 nitrogen and oxygen atoms in total. The predicted molar refractivity (Wildman–Crippen MR) is 113 cm³/mol. The van der Waals surface area contributed by atoms with Crippen LogP contribution in [-0.4, -0.2) is 74.8 Å². The van der Waals surface area contributed by atoms with Crippen LogP contribution in [0.3, 0.4) is 0 Å². The van der Waals surface area contributed by atoms with Crippen LogP contribution in [-0.2, 0) is 11.3 Å². The molecule has 2 saturated heterocycles. The Balaban J connectivity index is 1.82. The van der Waals surface area contributed by atoms with Crippen molar-refractivity contribution in [3.05, 3.63) is 30.1 Å². The Hall–Kier alpha value is -1.60. The first kappa shape index (κ1) is 21.1. The van der Waals surface area contributed by atoms with Crippen LogP contribution < -0.4 is 0 Å². The molecule has 7 heteroatoms. The second kappa shape index (κ2) is 8.82. The van der Waals surface area contributed by atoms with Gasteiger partial charge in [0.1, 0.15) is 5.54 Å². The predicted octanol–water partition coefficient (Wildman–Crippen LogP) is 3.09. The Morgan fingerprint density at radius 3 is 2.46 bits per heavy atom. The zero-order valence-corrected chi connectivity index (χ0v) is 18.2. The van der Waals surface area contributed by atoms with Crippen molar-refractivity contribution < 1.29 is 9.59 Å². The number of carbonyl (C=O) groups is 2. The van der Waals surface area contributed by atoms with E-state index in [0.29, 0.717) is 31.3 Å². The number of thioether (sulfide) groups is 1. The van der Waals surface area contributed by atoms with Crippen LogP contribution in [0.5, 0.6) is 0 Å². The first-order chi connectivity index (χ1) is 13.4. The Bertz CT molecular complexity index is 689. The van der Waals surface area contributed by atoms with E-state index in [4.69, 9.17) is 0 Å². The summed E-state index contributed by atoms with van der Waals surface area (Å²) in [6, 6.07) is 5.93. The summed E-state index contributed by atoms with van der Waals surface area (Å²) in [5.74, 6) is 1.36.